The van der Waals surface area contributed by atoms with Crippen molar-refractivity contribution in [2.75, 3.05) is 0 Å². The molecule has 0 unspecified atom stereocenters. The van der Waals surface area contributed by atoms with Crippen molar-refractivity contribution in [2.24, 2.45) is 0 Å². The van der Waals surface area contributed by atoms with Crippen LogP contribution in [0.5, 0.6) is 0 Å². The molecule has 0 fully saturated rings. The van der Waals surface area contributed by atoms with E-state index >= 15 is 0 Å². The third-order valence-corrected chi connectivity index (χ3v) is 4.91. The first-order valence-corrected chi connectivity index (χ1v) is 7.94. The minimum Gasteiger partial charge on any atom is -0.480 e. The molecule has 108 valence electrons. The topological polar surface area (TPSA) is 117 Å². The van der Waals surface area contributed by atoms with Crippen LogP contribution in [0, 0.1) is 0 Å². The van der Waals surface area contributed by atoms with E-state index < -0.39 is 28.1 Å². The third-order valence-electron chi connectivity index (χ3n) is 2.64. The van der Waals surface area contributed by atoms with E-state index in [4.69, 9.17) is 5.11 Å². The van der Waals surface area contributed by atoms with Gasteiger partial charge in [-0.1, -0.05) is 6.07 Å². The summed E-state index contributed by atoms with van der Waals surface area (Å²) in [5.41, 5.74) is 1.78. The van der Waals surface area contributed by atoms with E-state index in [2.05, 4.69) is 4.98 Å². The predicted octanol–water partition coefficient (Wildman–Crippen LogP) is 0.409. The highest BCUT2D eigenvalue weighted by atomic mass is 32.2. The molecule has 0 aliphatic rings. The van der Waals surface area contributed by atoms with Crippen LogP contribution in [0.15, 0.2) is 28.6 Å². The zero-order chi connectivity index (χ0) is 14.9. The maximum absolute atomic E-state index is 12.2. The molecule has 2 rings (SSSR count). The summed E-state index contributed by atoms with van der Waals surface area (Å²) in [6.45, 7) is 1.20. The number of hydrogen-bond acceptors (Lipinski definition) is 6. The molecule has 1 aromatic heterocycles. The van der Waals surface area contributed by atoms with Gasteiger partial charge in [-0.05, 0) is 19.1 Å². The Hall–Kier alpha value is -1.55. The molecule has 1 heterocycles. The maximum atomic E-state index is 12.2. The minimum absolute atomic E-state index is 0.108. The molecule has 0 aliphatic heterocycles. The number of aromatic nitrogens is 1. The molecule has 2 aromatic rings. The zero-order valence-electron chi connectivity index (χ0n) is 10.3. The summed E-state index contributed by atoms with van der Waals surface area (Å²) in [4.78, 5) is 14.8. The Labute approximate surface area is 118 Å². The number of carboxylic acid groups (broad SMARTS) is 1. The monoisotopic (exact) mass is 316 g/mol. The molecular weight excluding hydrogens is 304 g/mol. The van der Waals surface area contributed by atoms with Crippen molar-refractivity contribution in [3.63, 3.8) is 0 Å². The van der Waals surface area contributed by atoms with Gasteiger partial charge in [0.1, 0.15) is 16.5 Å². The third kappa shape index (κ3) is 2.80. The molecule has 7 nitrogen and oxygen atoms in total. The predicted molar refractivity (Wildman–Crippen MR) is 73.0 cm³/mol. The second kappa shape index (κ2) is 5.44. The fourth-order valence-corrected chi connectivity index (χ4v) is 3.86. The van der Waals surface area contributed by atoms with Crippen molar-refractivity contribution in [1.82, 2.24) is 9.71 Å². The first-order chi connectivity index (χ1) is 9.33. The van der Waals surface area contributed by atoms with Crippen LogP contribution in [0.25, 0.3) is 10.2 Å². The van der Waals surface area contributed by atoms with Crippen molar-refractivity contribution in [2.45, 2.75) is 24.0 Å². The van der Waals surface area contributed by atoms with Crippen LogP contribution in [0.4, 0.5) is 0 Å². The lowest BCUT2D eigenvalue weighted by Crippen LogP contribution is -2.47. The quantitative estimate of drug-likeness (QED) is 0.735. The van der Waals surface area contributed by atoms with Gasteiger partial charge in [0.15, 0.2) is 0 Å². The van der Waals surface area contributed by atoms with E-state index in [1.54, 1.807) is 12.1 Å². The highest BCUT2D eigenvalue weighted by molar-refractivity contribution is 7.89. The summed E-state index contributed by atoms with van der Waals surface area (Å²) in [6.07, 6.45) is -1.36. The molecule has 0 amide bonds. The molecule has 0 radical (unpaired) electrons. The summed E-state index contributed by atoms with van der Waals surface area (Å²) < 4.78 is 27.1. The number of para-hydroxylation sites is 1. The van der Waals surface area contributed by atoms with Gasteiger partial charge in [0.25, 0.3) is 0 Å². The second-order valence-corrected chi connectivity index (χ2v) is 6.70. The average molecular weight is 316 g/mol. The Kier molecular flexibility index (Phi) is 4.04. The van der Waals surface area contributed by atoms with Crippen LogP contribution in [0.3, 0.4) is 0 Å². The van der Waals surface area contributed by atoms with Crippen LogP contribution >= 0.6 is 11.3 Å². The Morgan fingerprint density at radius 1 is 1.45 bits per heavy atom. The van der Waals surface area contributed by atoms with Gasteiger partial charge in [-0.3, -0.25) is 4.79 Å². The summed E-state index contributed by atoms with van der Waals surface area (Å²) in [6, 6.07) is 2.99. The molecule has 0 saturated carbocycles. The Balaban J connectivity index is 2.45. The molecule has 0 spiro atoms. The summed E-state index contributed by atoms with van der Waals surface area (Å²) >= 11 is 1.28. The van der Waals surface area contributed by atoms with Gasteiger partial charge in [-0.25, -0.2) is 13.4 Å². The maximum Gasteiger partial charge on any atom is 0.324 e. The molecule has 2 atom stereocenters. The van der Waals surface area contributed by atoms with E-state index in [1.165, 1.54) is 29.8 Å². The van der Waals surface area contributed by atoms with Crippen molar-refractivity contribution in [3.8, 4) is 0 Å². The number of nitrogens with one attached hydrogen (secondary N) is 1. The van der Waals surface area contributed by atoms with Gasteiger partial charge >= 0.3 is 5.97 Å². The van der Waals surface area contributed by atoms with E-state index in [9.17, 15) is 18.3 Å². The van der Waals surface area contributed by atoms with Gasteiger partial charge < -0.3 is 10.2 Å². The minimum atomic E-state index is -4.09. The van der Waals surface area contributed by atoms with E-state index in [1.807, 2.05) is 4.72 Å². The van der Waals surface area contributed by atoms with E-state index in [0.29, 0.717) is 4.70 Å². The molecule has 1 aromatic carbocycles. The first-order valence-electron chi connectivity index (χ1n) is 5.58. The van der Waals surface area contributed by atoms with E-state index in [-0.39, 0.29) is 10.4 Å². The number of carboxylic acids is 1. The van der Waals surface area contributed by atoms with Crippen molar-refractivity contribution >= 4 is 37.5 Å². The summed E-state index contributed by atoms with van der Waals surface area (Å²) in [5.74, 6) is -1.45. The van der Waals surface area contributed by atoms with E-state index in [0.717, 1.165) is 0 Å². The van der Waals surface area contributed by atoms with Crippen molar-refractivity contribution in [1.29, 1.82) is 0 Å². The van der Waals surface area contributed by atoms with Crippen molar-refractivity contribution in [3.05, 3.63) is 23.7 Å². The SMILES string of the molecule is C[C@H](O)[C@H](NS(=O)(=O)c1cccc2scnc12)C(=O)O. The highest BCUT2D eigenvalue weighted by Crippen LogP contribution is 2.24. The fourth-order valence-electron chi connectivity index (χ4n) is 1.66. The number of aliphatic carboxylic acids is 1. The standard InChI is InChI=1S/C11H12N2O5S2/c1-6(14)9(11(15)16)13-20(17,18)8-4-2-3-7-10(8)12-5-19-7/h2-6,9,13-14H,1H3,(H,15,16)/t6-,9-/m0/s1. The van der Waals surface area contributed by atoms with Crippen LogP contribution in [-0.4, -0.2) is 41.7 Å². The van der Waals surface area contributed by atoms with Crippen molar-refractivity contribution < 1.29 is 23.4 Å². The zero-order valence-corrected chi connectivity index (χ0v) is 12.0. The van der Waals surface area contributed by atoms with Crippen LogP contribution in [0.2, 0.25) is 0 Å². The van der Waals surface area contributed by atoms with Gasteiger partial charge in [0.05, 0.1) is 16.3 Å². The normalized spacial score (nSPS) is 15.1. The number of rotatable bonds is 5. The second-order valence-electron chi connectivity index (χ2n) is 4.13. The van der Waals surface area contributed by atoms with Crippen LogP contribution in [0.1, 0.15) is 6.92 Å². The fraction of sp³-hybridized carbons (Fsp3) is 0.273. The number of hydrogen-bond donors (Lipinski definition) is 3. The van der Waals surface area contributed by atoms with Crippen LogP contribution in [-0.2, 0) is 14.8 Å². The number of benzene rings is 1. The lowest BCUT2D eigenvalue weighted by molar-refractivity contribution is -0.141. The summed E-state index contributed by atoms with van der Waals surface area (Å²) in [5, 5.41) is 18.3. The van der Waals surface area contributed by atoms with Crippen LogP contribution < -0.4 is 4.72 Å². The largest absolute Gasteiger partial charge is 0.480 e. The molecule has 9 heteroatoms. The first kappa shape index (κ1) is 14.9. The molecule has 0 saturated heterocycles. The van der Waals surface area contributed by atoms with Gasteiger partial charge in [-0.15, -0.1) is 11.3 Å². The number of aliphatic hydroxyl groups excluding tert-OH is 1. The molecule has 0 bridgehead atoms. The Morgan fingerprint density at radius 3 is 2.75 bits per heavy atom. The summed E-state index contributed by atoms with van der Waals surface area (Å²) in [7, 11) is -4.09. The average Bonchev–Trinajstić information content (AvgIpc) is 2.83. The number of thiazole rings is 1. The van der Waals surface area contributed by atoms with Gasteiger partial charge in [-0.2, -0.15) is 4.72 Å². The lowest BCUT2D eigenvalue weighted by atomic mass is 10.2. The number of nitrogens with zero attached hydrogens (tertiary/aromatic N) is 1. The molecule has 0 aliphatic carbocycles. The smallest absolute Gasteiger partial charge is 0.324 e. The Bertz CT molecular complexity index is 738. The Morgan fingerprint density at radius 2 is 2.15 bits per heavy atom. The number of sulfonamides is 1. The van der Waals surface area contributed by atoms with Gasteiger partial charge in [0.2, 0.25) is 10.0 Å². The lowest BCUT2D eigenvalue weighted by Gasteiger charge is -2.17. The highest BCUT2D eigenvalue weighted by Gasteiger charge is 2.30. The molecule has 3 N–H and O–H groups in total. The number of fused-ring (bicyclic) bond motifs is 1. The molecule has 20 heavy (non-hydrogen) atoms. The number of carbonyl (C=O) groups is 1. The molecular formula is C11H12N2O5S2. The number of aliphatic hydroxyl groups is 1. The van der Waals surface area contributed by atoms with Gasteiger partial charge in [0, 0.05) is 0 Å².